The van der Waals surface area contributed by atoms with E-state index in [1.54, 1.807) is 24.3 Å². The third-order valence-corrected chi connectivity index (χ3v) is 3.22. The molecular weight excluding hydrogens is 253 g/mol. The summed E-state index contributed by atoms with van der Waals surface area (Å²) in [6.45, 7) is 0. The minimum atomic E-state index is -0.261. The molecule has 13 heavy (non-hydrogen) atoms. The molecule has 0 bridgehead atoms. The molecule has 0 amide bonds. The summed E-state index contributed by atoms with van der Waals surface area (Å²) in [5.41, 5.74) is 0.639. The average molecular weight is 259 g/mol. The Hall–Kier alpha value is -0.811. The summed E-state index contributed by atoms with van der Waals surface area (Å²) in [6.07, 6.45) is 0. The van der Waals surface area contributed by atoms with Gasteiger partial charge in [-0.2, -0.15) is 0 Å². The molecular formula is C9H6ClNOSe. The first-order chi connectivity index (χ1) is 6.24. The SMILES string of the molecule is N#CC[Se]C(=O)c1ccc(Cl)cc1. The van der Waals surface area contributed by atoms with Crippen molar-refractivity contribution in [1.29, 1.82) is 5.26 Å². The summed E-state index contributed by atoms with van der Waals surface area (Å²) in [6, 6.07) is 8.68. The molecule has 1 rings (SSSR count). The first kappa shape index (κ1) is 10.3. The van der Waals surface area contributed by atoms with Gasteiger partial charge < -0.3 is 0 Å². The van der Waals surface area contributed by atoms with Crippen molar-refractivity contribution < 1.29 is 4.79 Å². The molecule has 0 spiro atoms. The molecule has 1 aromatic rings. The van der Waals surface area contributed by atoms with Crippen LogP contribution < -0.4 is 0 Å². The van der Waals surface area contributed by atoms with Crippen LogP contribution >= 0.6 is 11.6 Å². The summed E-state index contributed by atoms with van der Waals surface area (Å²) in [4.78, 5) is 11.3. The Morgan fingerprint density at radius 3 is 2.62 bits per heavy atom. The van der Waals surface area contributed by atoms with Gasteiger partial charge in [0.15, 0.2) is 0 Å². The topological polar surface area (TPSA) is 40.9 Å². The van der Waals surface area contributed by atoms with Crippen molar-refractivity contribution in [3.8, 4) is 6.07 Å². The van der Waals surface area contributed by atoms with Gasteiger partial charge in [-0.25, -0.2) is 0 Å². The van der Waals surface area contributed by atoms with E-state index in [-0.39, 0.29) is 19.6 Å². The Bertz CT molecular complexity index is 342. The molecule has 0 unspecified atom stereocenters. The molecule has 0 aliphatic carbocycles. The zero-order chi connectivity index (χ0) is 9.68. The number of halogens is 1. The van der Waals surface area contributed by atoms with E-state index in [0.717, 1.165) is 0 Å². The van der Waals surface area contributed by atoms with E-state index >= 15 is 0 Å². The fraction of sp³-hybridized carbons (Fsp3) is 0.111. The Labute approximate surface area is 87.7 Å². The average Bonchev–Trinajstić information content (AvgIpc) is 2.15. The van der Waals surface area contributed by atoms with Crippen molar-refractivity contribution in [1.82, 2.24) is 0 Å². The van der Waals surface area contributed by atoms with Gasteiger partial charge in [-0.3, -0.25) is 0 Å². The number of nitriles is 1. The summed E-state index contributed by atoms with van der Waals surface area (Å²) in [7, 11) is 0. The van der Waals surface area contributed by atoms with Gasteiger partial charge in [0.1, 0.15) is 0 Å². The second kappa shape index (κ2) is 5.04. The van der Waals surface area contributed by atoms with E-state index in [9.17, 15) is 4.79 Å². The van der Waals surface area contributed by atoms with Crippen molar-refractivity contribution in [3.63, 3.8) is 0 Å². The Balaban J connectivity index is 2.68. The van der Waals surface area contributed by atoms with Crippen molar-refractivity contribution in [3.05, 3.63) is 34.9 Å². The zero-order valence-electron chi connectivity index (χ0n) is 6.66. The third kappa shape index (κ3) is 3.20. The molecule has 0 atom stereocenters. The Morgan fingerprint density at radius 1 is 1.46 bits per heavy atom. The second-order valence-corrected chi connectivity index (χ2v) is 4.67. The van der Waals surface area contributed by atoms with E-state index in [0.29, 0.717) is 15.9 Å². The Morgan fingerprint density at radius 2 is 2.08 bits per heavy atom. The predicted octanol–water partition coefficient (Wildman–Crippen LogP) is 2.13. The first-order valence-electron chi connectivity index (χ1n) is 3.53. The third-order valence-electron chi connectivity index (χ3n) is 1.35. The van der Waals surface area contributed by atoms with Crippen LogP contribution in [0.1, 0.15) is 10.4 Å². The molecule has 2 nitrogen and oxygen atoms in total. The van der Waals surface area contributed by atoms with Gasteiger partial charge in [-0.1, -0.05) is 0 Å². The molecule has 0 aromatic heterocycles. The normalized spacial score (nSPS) is 9.23. The van der Waals surface area contributed by atoms with E-state index in [2.05, 4.69) is 0 Å². The number of benzene rings is 1. The van der Waals surface area contributed by atoms with E-state index in [1.165, 1.54) is 0 Å². The van der Waals surface area contributed by atoms with Crippen molar-refractivity contribution >= 4 is 31.2 Å². The number of rotatable bonds is 3. The summed E-state index contributed by atoms with van der Waals surface area (Å²) in [5.74, 6) is 0. The van der Waals surface area contributed by atoms with Gasteiger partial charge >= 0.3 is 87.5 Å². The van der Waals surface area contributed by atoms with Crippen LogP contribution in [0.4, 0.5) is 0 Å². The van der Waals surface area contributed by atoms with Crippen molar-refractivity contribution in [2.75, 3.05) is 0 Å². The van der Waals surface area contributed by atoms with Gasteiger partial charge in [-0.15, -0.1) is 0 Å². The first-order valence-corrected chi connectivity index (χ1v) is 5.98. The number of nitrogens with zero attached hydrogens (tertiary/aromatic N) is 1. The van der Waals surface area contributed by atoms with Crippen LogP contribution in [-0.4, -0.2) is 19.6 Å². The van der Waals surface area contributed by atoms with Gasteiger partial charge in [0.05, 0.1) is 0 Å². The molecule has 0 heterocycles. The summed E-state index contributed by atoms with van der Waals surface area (Å²) in [5, 5.41) is 9.24. The van der Waals surface area contributed by atoms with Crippen LogP contribution in [0.5, 0.6) is 0 Å². The van der Waals surface area contributed by atoms with Gasteiger partial charge in [0.25, 0.3) is 0 Å². The maximum atomic E-state index is 11.3. The van der Waals surface area contributed by atoms with Crippen LogP contribution in [-0.2, 0) is 0 Å². The standard InChI is InChI=1S/C9H6ClNOSe/c10-8-3-1-7(2-4-8)9(12)13-6-5-11/h1-4H,6H2. The summed E-state index contributed by atoms with van der Waals surface area (Å²) >= 11 is 5.40. The predicted molar refractivity (Wildman–Crippen MR) is 52.0 cm³/mol. The van der Waals surface area contributed by atoms with Crippen LogP contribution in [0, 0.1) is 11.3 Å². The molecule has 0 aliphatic rings. The molecule has 0 radical (unpaired) electrons. The molecule has 0 saturated heterocycles. The van der Waals surface area contributed by atoms with Crippen LogP contribution in [0.15, 0.2) is 24.3 Å². The van der Waals surface area contributed by atoms with Gasteiger partial charge in [0, 0.05) is 0 Å². The molecule has 0 aliphatic heterocycles. The monoisotopic (exact) mass is 259 g/mol. The van der Waals surface area contributed by atoms with Crippen LogP contribution in [0.25, 0.3) is 0 Å². The van der Waals surface area contributed by atoms with Crippen molar-refractivity contribution in [2.24, 2.45) is 0 Å². The number of hydrogen-bond donors (Lipinski definition) is 0. The number of hydrogen-bond acceptors (Lipinski definition) is 2. The second-order valence-electron chi connectivity index (χ2n) is 2.24. The number of carbonyl (C=O) groups excluding carboxylic acids is 1. The fourth-order valence-electron chi connectivity index (χ4n) is 0.767. The quantitative estimate of drug-likeness (QED) is 0.779. The molecule has 0 saturated carbocycles. The zero-order valence-corrected chi connectivity index (χ0v) is 9.13. The van der Waals surface area contributed by atoms with Gasteiger partial charge in [-0.05, 0) is 0 Å². The van der Waals surface area contributed by atoms with Gasteiger partial charge in [0.2, 0.25) is 0 Å². The number of carbonyl (C=O) groups is 1. The molecule has 0 fully saturated rings. The molecule has 66 valence electrons. The molecule has 4 heteroatoms. The maximum absolute atomic E-state index is 11.3. The van der Waals surface area contributed by atoms with E-state index in [1.807, 2.05) is 6.07 Å². The van der Waals surface area contributed by atoms with Crippen LogP contribution in [0.3, 0.4) is 0 Å². The van der Waals surface area contributed by atoms with Crippen LogP contribution in [0.2, 0.25) is 10.3 Å². The van der Waals surface area contributed by atoms with Crippen molar-refractivity contribution in [2.45, 2.75) is 5.32 Å². The summed E-state index contributed by atoms with van der Waals surface area (Å²) < 4.78 is 0.0470. The van der Waals surface area contributed by atoms with E-state index < -0.39 is 0 Å². The van der Waals surface area contributed by atoms with E-state index in [4.69, 9.17) is 16.9 Å². The minimum absolute atomic E-state index is 0.0470. The fourth-order valence-corrected chi connectivity index (χ4v) is 1.94. The molecule has 0 N–H and O–H groups in total. The Kier molecular flexibility index (Phi) is 3.98. The molecule has 1 aromatic carbocycles.